The molecule has 17 heavy (non-hydrogen) atoms. The lowest BCUT2D eigenvalue weighted by molar-refractivity contribution is -0.142. The van der Waals surface area contributed by atoms with E-state index < -0.39 is 5.97 Å². The molecule has 0 aromatic carbocycles. The Kier molecular flexibility index (Phi) is 13.4. The molecule has 0 amide bonds. The number of carbonyl (C=O) groups is 1. The fourth-order valence-electron chi connectivity index (χ4n) is 0.884. The maximum Gasteiger partial charge on any atom is 0.329 e. The van der Waals surface area contributed by atoms with Crippen molar-refractivity contribution < 1.29 is 28.8 Å². The molecule has 0 spiro atoms. The average Bonchev–Trinajstić information content (AvgIpc) is 2.30. The maximum absolute atomic E-state index is 10.1. The first-order valence-electron chi connectivity index (χ1n) is 5.41. The molecule has 1 N–H and O–H groups in total. The lowest BCUT2D eigenvalue weighted by Crippen LogP contribution is -2.14. The standard InChI is InChI=1S/C10H20O6S/c11-10(12)9-16-6-5-14-2-1-13-3-4-15-7-8-17/h17H,1-9H2,(H,11,12). The molecule has 0 fully saturated rings. The molecule has 0 rings (SSSR count). The van der Waals surface area contributed by atoms with E-state index in [1.54, 1.807) is 0 Å². The van der Waals surface area contributed by atoms with Crippen molar-refractivity contribution in [2.75, 3.05) is 58.6 Å². The quantitative estimate of drug-likeness (QED) is 0.364. The third kappa shape index (κ3) is 15.7. The Morgan fingerprint density at radius 2 is 1.24 bits per heavy atom. The van der Waals surface area contributed by atoms with Gasteiger partial charge in [-0.05, 0) is 0 Å². The van der Waals surface area contributed by atoms with E-state index in [4.69, 9.17) is 24.1 Å². The third-order valence-electron chi connectivity index (χ3n) is 1.58. The van der Waals surface area contributed by atoms with Crippen molar-refractivity contribution in [3.63, 3.8) is 0 Å². The highest BCUT2D eigenvalue weighted by atomic mass is 32.1. The Labute approximate surface area is 107 Å². The van der Waals surface area contributed by atoms with Crippen molar-refractivity contribution in [3.8, 4) is 0 Å². The van der Waals surface area contributed by atoms with Gasteiger partial charge in [0.2, 0.25) is 0 Å². The van der Waals surface area contributed by atoms with Crippen LogP contribution in [0.25, 0.3) is 0 Å². The van der Waals surface area contributed by atoms with E-state index >= 15 is 0 Å². The molecule has 0 saturated heterocycles. The predicted molar refractivity (Wildman–Crippen MR) is 64.8 cm³/mol. The number of aliphatic carboxylic acids is 1. The van der Waals surface area contributed by atoms with Crippen molar-refractivity contribution in [2.24, 2.45) is 0 Å². The molecule has 102 valence electrons. The van der Waals surface area contributed by atoms with Gasteiger partial charge in [0.1, 0.15) is 6.61 Å². The summed E-state index contributed by atoms with van der Waals surface area (Å²) in [5, 5.41) is 8.27. The van der Waals surface area contributed by atoms with Gasteiger partial charge in [0.15, 0.2) is 0 Å². The minimum Gasteiger partial charge on any atom is -0.480 e. The second-order valence-corrected chi connectivity index (χ2v) is 3.45. The highest BCUT2D eigenvalue weighted by Gasteiger charge is 1.95. The predicted octanol–water partition coefficient (Wildman–Crippen LogP) is 0.0672. The van der Waals surface area contributed by atoms with Crippen LogP contribution in [0.4, 0.5) is 0 Å². The minimum atomic E-state index is -0.977. The molecule has 0 aliphatic carbocycles. The van der Waals surface area contributed by atoms with E-state index in [2.05, 4.69) is 12.6 Å². The molecule has 0 saturated carbocycles. The van der Waals surface area contributed by atoms with Crippen LogP contribution in [-0.4, -0.2) is 69.7 Å². The van der Waals surface area contributed by atoms with Gasteiger partial charge in [-0.2, -0.15) is 12.6 Å². The largest absolute Gasteiger partial charge is 0.480 e. The summed E-state index contributed by atoms with van der Waals surface area (Å²) >= 11 is 4.00. The van der Waals surface area contributed by atoms with Crippen LogP contribution < -0.4 is 0 Å². The number of rotatable bonds is 13. The SMILES string of the molecule is O=C(O)COCCOCCOCCOCCS. The van der Waals surface area contributed by atoms with E-state index in [1.807, 2.05) is 0 Å². The summed E-state index contributed by atoms with van der Waals surface area (Å²) in [4.78, 5) is 10.1. The topological polar surface area (TPSA) is 74.2 Å². The third-order valence-corrected chi connectivity index (χ3v) is 1.76. The molecule has 0 aliphatic rings. The molecule has 0 aromatic rings. The van der Waals surface area contributed by atoms with Crippen LogP contribution in [0.2, 0.25) is 0 Å². The van der Waals surface area contributed by atoms with Crippen LogP contribution in [0.1, 0.15) is 0 Å². The summed E-state index contributed by atoms with van der Waals surface area (Å²) < 4.78 is 20.3. The van der Waals surface area contributed by atoms with Crippen LogP contribution in [0.3, 0.4) is 0 Å². The second-order valence-electron chi connectivity index (χ2n) is 3.01. The van der Waals surface area contributed by atoms with Gasteiger partial charge in [-0.25, -0.2) is 4.79 Å². The fraction of sp³-hybridized carbons (Fsp3) is 0.900. The zero-order valence-electron chi connectivity index (χ0n) is 9.80. The Morgan fingerprint density at radius 1 is 0.824 bits per heavy atom. The summed E-state index contributed by atoms with van der Waals surface area (Å²) in [5.74, 6) is -0.269. The van der Waals surface area contributed by atoms with Crippen molar-refractivity contribution in [1.29, 1.82) is 0 Å². The Bertz CT molecular complexity index is 178. The number of carboxylic acids is 1. The molecule has 0 aromatic heterocycles. The first-order chi connectivity index (χ1) is 8.27. The monoisotopic (exact) mass is 268 g/mol. The van der Waals surface area contributed by atoms with Gasteiger partial charge in [0.25, 0.3) is 0 Å². The van der Waals surface area contributed by atoms with Crippen molar-refractivity contribution in [1.82, 2.24) is 0 Å². The van der Waals surface area contributed by atoms with Crippen molar-refractivity contribution >= 4 is 18.6 Å². The van der Waals surface area contributed by atoms with Gasteiger partial charge < -0.3 is 24.1 Å². The van der Waals surface area contributed by atoms with Crippen molar-refractivity contribution in [2.45, 2.75) is 0 Å². The summed E-state index contributed by atoms with van der Waals surface area (Å²) in [6.07, 6.45) is 0. The summed E-state index contributed by atoms with van der Waals surface area (Å²) in [7, 11) is 0. The number of thiol groups is 1. The Morgan fingerprint density at radius 3 is 1.65 bits per heavy atom. The van der Waals surface area contributed by atoms with Gasteiger partial charge in [0.05, 0.1) is 46.2 Å². The zero-order chi connectivity index (χ0) is 12.8. The van der Waals surface area contributed by atoms with Crippen LogP contribution in [0, 0.1) is 0 Å². The van der Waals surface area contributed by atoms with E-state index in [0.717, 1.165) is 0 Å². The lowest BCUT2D eigenvalue weighted by Gasteiger charge is -2.06. The van der Waals surface area contributed by atoms with Gasteiger partial charge in [-0.3, -0.25) is 0 Å². The zero-order valence-corrected chi connectivity index (χ0v) is 10.7. The Balaban J connectivity index is 2.91. The molecule has 7 heteroatoms. The maximum atomic E-state index is 10.1. The first kappa shape index (κ1) is 16.7. The molecule has 0 radical (unpaired) electrons. The van der Waals surface area contributed by atoms with Gasteiger partial charge in [0, 0.05) is 5.75 Å². The lowest BCUT2D eigenvalue weighted by atomic mass is 10.7. The van der Waals surface area contributed by atoms with E-state index in [1.165, 1.54) is 0 Å². The molecule has 0 unspecified atom stereocenters. The first-order valence-corrected chi connectivity index (χ1v) is 6.04. The summed E-state index contributed by atoms with van der Waals surface area (Å²) in [6, 6.07) is 0. The number of hydrogen-bond acceptors (Lipinski definition) is 6. The van der Waals surface area contributed by atoms with Crippen LogP contribution in [0.5, 0.6) is 0 Å². The molecule has 0 bridgehead atoms. The molecular weight excluding hydrogens is 248 g/mol. The molecule has 6 nitrogen and oxygen atoms in total. The summed E-state index contributed by atoms with van der Waals surface area (Å²) in [5.41, 5.74) is 0. The highest BCUT2D eigenvalue weighted by molar-refractivity contribution is 7.80. The van der Waals surface area contributed by atoms with Gasteiger partial charge >= 0.3 is 5.97 Å². The fourth-order valence-corrected chi connectivity index (χ4v) is 1.01. The Hall–Kier alpha value is -0.340. The second kappa shape index (κ2) is 13.7. The van der Waals surface area contributed by atoms with Gasteiger partial charge in [-0.15, -0.1) is 0 Å². The van der Waals surface area contributed by atoms with E-state index in [0.29, 0.717) is 45.4 Å². The van der Waals surface area contributed by atoms with Crippen LogP contribution in [0.15, 0.2) is 0 Å². The minimum absolute atomic E-state index is 0.275. The normalized spacial score (nSPS) is 10.6. The molecule has 0 aliphatic heterocycles. The number of ether oxygens (including phenoxy) is 4. The van der Waals surface area contributed by atoms with E-state index in [9.17, 15) is 4.79 Å². The molecule has 0 heterocycles. The highest BCUT2D eigenvalue weighted by Crippen LogP contribution is 1.83. The smallest absolute Gasteiger partial charge is 0.329 e. The average molecular weight is 268 g/mol. The summed E-state index contributed by atoms with van der Waals surface area (Å²) in [6.45, 7) is 3.03. The van der Waals surface area contributed by atoms with Crippen molar-refractivity contribution in [3.05, 3.63) is 0 Å². The number of carboxylic acid groups (broad SMARTS) is 1. The molecular formula is C10H20O6S. The number of hydrogen-bond donors (Lipinski definition) is 2. The van der Waals surface area contributed by atoms with Crippen LogP contribution in [-0.2, 0) is 23.7 Å². The van der Waals surface area contributed by atoms with E-state index in [-0.39, 0.29) is 13.2 Å². The van der Waals surface area contributed by atoms with Crippen LogP contribution >= 0.6 is 12.6 Å². The molecule has 0 atom stereocenters. The van der Waals surface area contributed by atoms with Gasteiger partial charge in [-0.1, -0.05) is 0 Å².